The van der Waals surface area contributed by atoms with Crippen LogP contribution in [0.25, 0.3) is 0 Å². The number of hydrogen-bond acceptors (Lipinski definition) is 5. The lowest BCUT2D eigenvalue weighted by Gasteiger charge is -2.08. The minimum absolute atomic E-state index is 0.0974. The zero-order chi connectivity index (χ0) is 14.6. The van der Waals surface area contributed by atoms with Crippen LogP contribution in [-0.2, 0) is 16.6 Å². The molecule has 0 saturated heterocycles. The summed E-state index contributed by atoms with van der Waals surface area (Å²) in [6.07, 6.45) is 3.89. The van der Waals surface area contributed by atoms with Gasteiger partial charge < -0.3 is 5.73 Å². The Bertz CT molecular complexity index is 672. The van der Waals surface area contributed by atoms with Crippen LogP contribution in [-0.4, -0.2) is 30.0 Å². The molecule has 0 aliphatic rings. The number of nitrogen functional groups attached to an aromatic ring is 1. The zero-order valence-electron chi connectivity index (χ0n) is 10.5. The van der Waals surface area contributed by atoms with Gasteiger partial charge in [-0.25, -0.2) is 13.1 Å². The molecule has 9 heteroatoms. The van der Waals surface area contributed by atoms with Crippen LogP contribution in [0.3, 0.4) is 0 Å². The summed E-state index contributed by atoms with van der Waals surface area (Å²) in [7, 11) is -3.57. The summed E-state index contributed by atoms with van der Waals surface area (Å²) in [6, 6.07) is 4.21. The van der Waals surface area contributed by atoms with Crippen molar-refractivity contribution in [2.24, 2.45) is 0 Å². The molecule has 0 saturated carbocycles. The molecule has 20 heavy (non-hydrogen) atoms. The number of rotatable bonds is 6. The fraction of sp³-hybridized carbons (Fsp3) is 0.273. The average molecular weight is 316 g/mol. The van der Waals surface area contributed by atoms with Crippen molar-refractivity contribution >= 4 is 27.3 Å². The molecule has 0 fully saturated rings. The summed E-state index contributed by atoms with van der Waals surface area (Å²) in [5.41, 5.74) is 5.83. The molecule has 3 N–H and O–H groups in total. The van der Waals surface area contributed by atoms with E-state index in [1.54, 1.807) is 17.1 Å². The Hall–Kier alpha value is -1.64. The van der Waals surface area contributed by atoms with Crippen LogP contribution in [0.5, 0.6) is 0 Å². The van der Waals surface area contributed by atoms with Gasteiger partial charge in [0, 0.05) is 19.3 Å². The van der Waals surface area contributed by atoms with Crippen molar-refractivity contribution in [1.29, 1.82) is 0 Å². The van der Waals surface area contributed by atoms with Crippen molar-refractivity contribution in [2.45, 2.75) is 17.9 Å². The lowest BCUT2D eigenvalue weighted by molar-refractivity contribution is 0.542. The first-order valence-corrected chi connectivity index (χ1v) is 7.74. The van der Waals surface area contributed by atoms with E-state index in [-0.39, 0.29) is 10.6 Å². The first-order valence-electron chi connectivity index (χ1n) is 5.88. The second-order valence-corrected chi connectivity index (χ2v) is 6.27. The van der Waals surface area contributed by atoms with Crippen LogP contribution in [0, 0.1) is 0 Å². The van der Waals surface area contributed by atoms with Crippen LogP contribution in [0.2, 0.25) is 5.02 Å². The van der Waals surface area contributed by atoms with Gasteiger partial charge in [0.2, 0.25) is 10.0 Å². The largest absolute Gasteiger partial charge is 0.397 e. The number of anilines is 1. The van der Waals surface area contributed by atoms with Crippen molar-refractivity contribution in [3.63, 3.8) is 0 Å². The molecule has 0 radical (unpaired) electrons. The van der Waals surface area contributed by atoms with Crippen molar-refractivity contribution in [1.82, 2.24) is 19.7 Å². The van der Waals surface area contributed by atoms with E-state index in [1.807, 2.05) is 0 Å². The highest BCUT2D eigenvalue weighted by Gasteiger charge is 2.14. The molecule has 1 heterocycles. The normalized spacial score (nSPS) is 11.7. The Labute approximate surface area is 121 Å². The van der Waals surface area contributed by atoms with E-state index in [0.717, 1.165) is 0 Å². The van der Waals surface area contributed by atoms with E-state index in [9.17, 15) is 8.42 Å². The van der Waals surface area contributed by atoms with E-state index < -0.39 is 10.0 Å². The maximum Gasteiger partial charge on any atom is 0.240 e. The van der Waals surface area contributed by atoms with Gasteiger partial charge in [-0.1, -0.05) is 16.8 Å². The Morgan fingerprint density at radius 1 is 1.40 bits per heavy atom. The lowest BCUT2D eigenvalue weighted by atomic mass is 10.3. The van der Waals surface area contributed by atoms with E-state index in [4.69, 9.17) is 17.3 Å². The number of sulfonamides is 1. The summed E-state index contributed by atoms with van der Waals surface area (Å²) >= 11 is 5.76. The van der Waals surface area contributed by atoms with Gasteiger partial charge in [0.15, 0.2) is 0 Å². The van der Waals surface area contributed by atoms with E-state index >= 15 is 0 Å². The maximum atomic E-state index is 12.0. The summed E-state index contributed by atoms with van der Waals surface area (Å²) in [6.45, 7) is 0.885. The van der Waals surface area contributed by atoms with Gasteiger partial charge in [0.25, 0.3) is 0 Å². The van der Waals surface area contributed by atoms with Crippen molar-refractivity contribution in [3.05, 3.63) is 35.6 Å². The van der Waals surface area contributed by atoms with Gasteiger partial charge in [0.05, 0.1) is 21.8 Å². The highest BCUT2D eigenvalue weighted by Crippen LogP contribution is 2.21. The van der Waals surface area contributed by atoms with Crippen LogP contribution >= 0.6 is 11.6 Å². The SMILES string of the molecule is Nc1cc(S(=O)(=O)NCCCn2ccnn2)ccc1Cl. The van der Waals surface area contributed by atoms with Crippen LogP contribution in [0.15, 0.2) is 35.5 Å². The molecular formula is C11H14ClN5O2S. The average Bonchev–Trinajstić information content (AvgIpc) is 2.91. The Morgan fingerprint density at radius 3 is 2.85 bits per heavy atom. The molecule has 0 bridgehead atoms. The Balaban J connectivity index is 1.92. The fourth-order valence-corrected chi connectivity index (χ4v) is 2.80. The van der Waals surface area contributed by atoms with Gasteiger partial charge in [-0.15, -0.1) is 5.10 Å². The highest BCUT2D eigenvalue weighted by atomic mass is 35.5. The monoisotopic (exact) mass is 315 g/mol. The molecular weight excluding hydrogens is 302 g/mol. The van der Waals surface area contributed by atoms with E-state index in [0.29, 0.717) is 24.5 Å². The molecule has 0 atom stereocenters. The van der Waals surface area contributed by atoms with Gasteiger partial charge in [0.1, 0.15) is 0 Å². The molecule has 0 aliphatic carbocycles. The Kier molecular flexibility index (Phi) is 4.58. The minimum atomic E-state index is -3.57. The molecule has 0 unspecified atom stereocenters. The summed E-state index contributed by atoms with van der Waals surface area (Å²) < 4.78 is 28.2. The van der Waals surface area contributed by atoms with Crippen LogP contribution in [0.1, 0.15) is 6.42 Å². The van der Waals surface area contributed by atoms with Gasteiger partial charge in [-0.2, -0.15) is 0 Å². The summed E-state index contributed by atoms with van der Waals surface area (Å²) in [5.74, 6) is 0. The summed E-state index contributed by atoms with van der Waals surface area (Å²) in [5, 5.41) is 7.78. The Morgan fingerprint density at radius 2 is 2.20 bits per heavy atom. The maximum absolute atomic E-state index is 12.0. The number of aryl methyl sites for hydroxylation is 1. The molecule has 0 amide bonds. The number of nitrogens with zero attached hydrogens (tertiary/aromatic N) is 3. The number of halogens is 1. The first-order chi connectivity index (χ1) is 9.49. The predicted octanol–water partition coefficient (Wildman–Crippen LogP) is 0.882. The predicted molar refractivity (Wildman–Crippen MR) is 75.7 cm³/mol. The third-order valence-electron chi connectivity index (χ3n) is 2.61. The molecule has 1 aromatic carbocycles. The van der Waals surface area contributed by atoms with Gasteiger partial charge in [-0.3, -0.25) is 4.68 Å². The molecule has 1 aromatic heterocycles. The number of aromatic nitrogens is 3. The molecule has 7 nitrogen and oxygen atoms in total. The topological polar surface area (TPSA) is 103 Å². The summed E-state index contributed by atoms with van der Waals surface area (Å²) in [4.78, 5) is 0.0974. The quantitative estimate of drug-likeness (QED) is 0.608. The van der Waals surface area contributed by atoms with Gasteiger partial charge >= 0.3 is 0 Å². The smallest absolute Gasteiger partial charge is 0.240 e. The van der Waals surface area contributed by atoms with Gasteiger partial charge in [-0.05, 0) is 24.6 Å². The molecule has 2 rings (SSSR count). The first kappa shape index (κ1) is 14.8. The van der Waals surface area contributed by atoms with Crippen molar-refractivity contribution in [2.75, 3.05) is 12.3 Å². The number of benzene rings is 1. The third-order valence-corrected chi connectivity index (χ3v) is 4.41. The lowest BCUT2D eigenvalue weighted by Crippen LogP contribution is -2.25. The standard InChI is InChI=1S/C11H14ClN5O2S/c12-10-3-2-9(8-11(10)13)20(18,19)15-4-1-6-17-7-5-14-16-17/h2-3,5,7-8,15H,1,4,6,13H2. The molecule has 0 spiro atoms. The van der Waals surface area contributed by atoms with Crippen molar-refractivity contribution < 1.29 is 8.42 Å². The minimum Gasteiger partial charge on any atom is -0.397 e. The third kappa shape index (κ3) is 3.69. The second-order valence-electron chi connectivity index (χ2n) is 4.10. The van der Waals surface area contributed by atoms with Crippen molar-refractivity contribution in [3.8, 4) is 0 Å². The highest BCUT2D eigenvalue weighted by molar-refractivity contribution is 7.89. The molecule has 108 valence electrons. The molecule has 2 aromatic rings. The van der Waals surface area contributed by atoms with Crippen LogP contribution in [0.4, 0.5) is 5.69 Å². The van der Waals surface area contributed by atoms with E-state index in [1.165, 1.54) is 18.2 Å². The molecule has 0 aliphatic heterocycles. The van der Waals surface area contributed by atoms with E-state index in [2.05, 4.69) is 15.0 Å². The fourth-order valence-electron chi connectivity index (χ4n) is 1.57. The number of nitrogens with one attached hydrogen (secondary N) is 1. The van der Waals surface area contributed by atoms with Crippen LogP contribution < -0.4 is 10.5 Å². The zero-order valence-corrected chi connectivity index (χ0v) is 12.1. The second kappa shape index (κ2) is 6.21. The number of hydrogen-bond donors (Lipinski definition) is 2. The number of nitrogens with two attached hydrogens (primary N) is 1.